The maximum absolute atomic E-state index is 6.07. The van der Waals surface area contributed by atoms with Gasteiger partial charge in [0, 0.05) is 15.6 Å². The van der Waals surface area contributed by atoms with Gasteiger partial charge in [-0.05, 0) is 26.0 Å². The molecule has 0 atom stereocenters. The molecule has 1 aromatic carbocycles. The second-order valence-electron chi connectivity index (χ2n) is 4.82. The number of nitrogens with two attached hydrogens (primary N) is 1. The SMILES string of the molecule is Cc1cc(-c2[nH]nc(N)c2-c2ccccc2Br)c(C)nn1. The van der Waals surface area contributed by atoms with Gasteiger partial charge in [0.2, 0.25) is 0 Å². The van der Waals surface area contributed by atoms with Crippen LogP contribution in [0.5, 0.6) is 0 Å². The first kappa shape index (κ1) is 13.8. The molecule has 0 spiro atoms. The molecule has 3 rings (SSSR count). The standard InChI is InChI=1S/C15H14BrN5/c1-8-7-11(9(2)19-18-8)14-13(15(17)21-20-14)10-5-3-4-6-12(10)16/h3-7H,1-2H3,(H3,17,20,21). The zero-order chi connectivity index (χ0) is 15.0. The molecule has 0 aliphatic carbocycles. The van der Waals surface area contributed by atoms with E-state index in [0.29, 0.717) is 5.82 Å². The van der Waals surface area contributed by atoms with E-state index in [0.717, 1.165) is 38.2 Å². The molecule has 2 heterocycles. The lowest BCUT2D eigenvalue weighted by atomic mass is 10.00. The first-order chi connectivity index (χ1) is 10.1. The summed E-state index contributed by atoms with van der Waals surface area (Å²) < 4.78 is 0.968. The molecule has 2 aromatic heterocycles. The molecule has 0 saturated carbocycles. The first-order valence-electron chi connectivity index (χ1n) is 6.48. The van der Waals surface area contributed by atoms with Gasteiger partial charge in [-0.2, -0.15) is 15.3 Å². The van der Waals surface area contributed by atoms with Crippen LogP contribution in [-0.2, 0) is 0 Å². The van der Waals surface area contributed by atoms with Crippen molar-refractivity contribution in [1.82, 2.24) is 20.4 Å². The highest BCUT2D eigenvalue weighted by Gasteiger charge is 2.18. The number of nitrogens with one attached hydrogen (secondary N) is 1. The van der Waals surface area contributed by atoms with Crippen LogP contribution in [0, 0.1) is 13.8 Å². The summed E-state index contributed by atoms with van der Waals surface area (Å²) in [7, 11) is 0. The van der Waals surface area contributed by atoms with Gasteiger partial charge in [-0.3, -0.25) is 5.10 Å². The molecule has 106 valence electrons. The summed E-state index contributed by atoms with van der Waals surface area (Å²) >= 11 is 3.57. The van der Waals surface area contributed by atoms with E-state index in [2.05, 4.69) is 36.3 Å². The van der Waals surface area contributed by atoms with Gasteiger partial charge in [0.25, 0.3) is 0 Å². The van der Waals surface area contributed by atoms with Crippen molar-refractivity contribution in [2.75, 3.05) is 5.73 Å². The fourth-order valence-corrected chi connectivity index (χ4v) is 2.77. The number of aromatic amines is 1. The second kappa shape index (κ2) is 5.29. The lowest BCUT2D eigenvalue weighted by molar-refractivity contribution is 0.940. The van der Waals surface area contributed by atoms with Crippen molar-refractivity contribution in [2.45, 2.75) is 13.8 Å². The molecule has 6 heteroatoms. The Morgan fingerprint density at radius 1 is 1.10 bits per heavy atom. The van der Waals surface area contributed by atoms with Crippen molar-refractivity contribution in [3.8, 4) is 22.4 Å². The van der Waals surface area contributed by atoms with Crippen molar-refractivity contribution in [3.05, 3.63) is 46.2 Å². The Bertz CT molecular complexity index is 810. The van der Waals surface area contributed by atoms with E-state index in [1.807, 2.05) is 44.2 Å². The van der Waals surface area contributed by atoms with Crippen molar-refractivity contribution in [1.29, 1.82) is 0 Å². The lowest BCUT2D eigenvalue weighted by Crippen LogP contribution is -1.96. The van der Waals surface area contributed by atoms with Crippen LogP contribution in [0.25, 0.3) is 22.4 Å². The van der Waals surface area contributed by atoms with Gasteiger partial charge >= 0.3 is 0 Å². The van der Waals surface area contributed by atoms with Crippen LogP contribution in [0.1, 0.15) is 11.4 Å². The lowest BCUT2D eigenvalue weighted by Gasteiger charge is -2.08. The van der Waals surface area contributed by atoms with Crippen molar-refractivity contribution >= 4 is 21.7 Å². The van der Waals surface area contributed by atoms with Crippen LogP contribution < -0.4 is 5.73 Å². The fourth-order valence-electron chi connectivity index (χ4n) is 2.29. The van der Waals surface area contributed by atoms with E-state index >= 15 is 0 Å². The van der Waals surface area contributed by atoms with E-state index in [-0.39, 0.29) is 0 Å². The number of H-pyrrole nitrogens is 1. The molecule has 0 saturated heterocycles. The Balaban J connectivity index is 2.27. The number of aromatic nitrogens is 4. The molecular weight excluding hydrogens is 330 g/mol. The Morgan fingerprint density at radius 3 is 2.62 bits per heavy atom. The third-order valence-electron chi connectivity index (χ3n) is 3.31. The van der Waals surface area contributed by atoms with Crippen LogP contribution in [0.3, 0.4) is 0 Å². The minimum Gasteiger partial charge on any atom is -0.382 e. The van der Waals surface area contributed by atoms with Gasteiger partial charge in [0.05, 0.1) is 22.6 Å². The Hall–Kier alpha value is -2.21. The number of rotatable bonds is 2. The number of hydrogen-bond donors (Lipinski definition) is 2. The largest absolute Gasteiger partial charge is 0.382 e. The Morgan fingerprint density at radius 2 is 1.86 bits per heavy atom. The quantitative estimate of drug-likeness (QED) is 0.746. The monoisotopic (exact) mass is 343 g/mol. The van der Waals surface area contributed by atoms with Crippen molar-refractivity contribution < 1.29 is 0 Å². The third-order valence-corrected chi connectivity index (χ3v) is 4.00. The summed E-state index contributed by atoms with van der Waals surface area (Å²) in [5.74, 6) is 0.464. The van der Waals surface area contributed by atoms with Gasteiger partial charge in [-0.25, -0.2) is 0 Å². The number of anilines is 1. The second-order valence-corrected chi connectivity index (χ2v) is 5.68. The van der Waals surface area contributed by atoms with Crippen LogP contribution in [0.2, 0.25) is 0 Å². The van der Waals surface area contributed by atoms with Gasteiger partial charge in [-0.15, -0.1) is 0 Å². The number of aryl methyl sites for hydroxylation is 2. The van der Waals surface area contributed by atoms with Crippen LogP contribution >= 0.6 is 15.9 Å². The van der Waals surface area contributed by atoms with Crippen molar-refractivity contribution in [3.63, 3.8) is 0 Å². The van der Waals surface area contributed by atoms with Gasteiger partial charge in [-0.1, -0.05) is 34.1 Å². The summed E-state index contributed by atoms with van der Waals surface area (Å²) in [6.45, 7) is 3.83. The average molecular weight is 344 g/mol. The fraction of sp³-hybridized carbons (Fsp3) is 0.133. The molecule has 0 fully saturated rings. The summed E-state index contributed by atoms with van der Waals surface area (Å²) in [4.78, 5) is 0. The molecular formula is C15H14BrN5. The van der Waals surface area contributed by atoms with Crippen molar-refractivity contribution in [2.24, 2.45) is 0 Å². The molecule has 0 aliphatic rings. The third kappa shape index (κ3) is 2.42. The number of halogens is 1. The average Bonchev–Trinajstić information content (AvgIpc) is 2.84. The van der Waals surface area contributed by atoms with Crippen LogP contribution in [0.15, 0.2) is 34.8 Å². The molecule has 3 aromatic rings. The zero-order valence-electron chi connectivity index (χ0n) is 11.7. The smallest absolute Gasteiger partial charge is 0.153 e. The molecule has 0 radical (unpaired) electrons. The maximum Gasteiger partial charge on any atom is 0.153 e. The number of nitrogen functional groups attached to an aromatic ring is 1. The summed E-state index contributed by atoms with van der Waals surface area (Å²) in [6.07, 6.45) is 0. The summed E-state index contributed by atoms with van der Waals surface area (Å²) in [5.41, 5.74) is 11.4. The number of nitrogens with zero attached hydrogens (tertiary/aromatic N) is 3. The highest BCUT2D eigenvalue weighted by Crippen LogP contribution is 2.38. The minimum atomic E-state index is 0.464. The highest BCUT2D eigenvalue weighted by molar-refractivity contribution is 9.10. The molecule has 5 nitrogen and oxygen atoms in total. The predicted octanol–water partition coefficient (Wildman–Crippen LogP) is 3.50. The number of hydrogen-bond acceptors (Lipinski definition) is 4. The summed E-state index contributed by atoms with van der Waals surface area (Å²) in [6, 6.07) is 9.90. The van der Waals surface area contributed by atoms with Crippen LogP contribution in [-0.4, -0.2) is 20.4 Å². The van der Waals surface area contributed by atoms with E-state index in [9.17, 15) is 0 Å². The number of benzene rings is 1. The minimum absolute atomic E-state index is 0.464. The van der Waals surface area contributed by atoms with E-state index in [1.165, 1.54) is 0 Å². The molecule has 0 bridgehead atoms. The molecule has 3 N–H and O–H groups in total. The van der Waals surface area contributed by atoms with Gasteiger partial charge in [0.1, 0.15) is 0 Å². The summed E-state index contributed by atoms with van der Waals surface area (Å²) in [5, 5.41) is 15.4. The molecule has 0 aliphatic heterocycles. The molecule has 0 amide bonds. The zero-order valence-corrected chi connectivity index (χ0v) is 13.3. The predicted molar refractivity (Wildman–Crippen MR) is 86.6 cm³/mol. The van der Waals surface area contributed by atoms with Crippen LogP contribution in [0.4, 0.5) is 5.82 Å². The maximum atomic E-state index is 6.07. The first-order valence-corrected chi connectivity index (χ1v) is 7.27. The normalized spacial score (nSPS) is 10.8. The Labute approximate surface area is 130 Å². The van der Waals surface area contributed by atoms with E-state index < -0.39 is 0 Å². The van der Waals surface area contributed by atoms with E-state index in [1.54, 1.807) is 0 Å². The van der Waals surface area contributed by atoms with E-state index in [4.69, 9.17) is 5.73 Å². The van der Waals surface area contributed by atoms with Gasteiger partial charge < -0.3 is 5.73 Å². The molecule has 21 heavy (non-hydrogen) atoms. The highest BCUT2D eigenvalue weighted by atomic mass is 79.9. The topological polar surface area (TPSA) is 80.5 Å². The Kier molecular flexibility index (Phi) is 3.47. The van der Waals surface area contributed by atoms with Gasteiger partial charge in [0.15, 0.2) is 5.82 Å². The molecule has 0 unspecified atom stereocenters.